The fourth-order valence-corrected chi connectivity index (χ4v) is 0.797. The van der Waals surface area contributed by atoms with Crippen molar-refractivity contribution < 1.29 is 4.79 Å². The van der Waals surface area contributed by atoms with E-state index < -0.39 is 0 Å². The minimum absolute atomic E-state index is 0.0584. The van der Waals surface area contributed by atoms with Gasteiger partial charge in [0.05, 0.1) is 0 Å². The van der Waals surface area contributed by atoms with E-state index in [4.69, 9.17) is 0 Å². The second-order valence-electron chi connectivity index (χ2n) is 1.94. The molecule has 0 unspecified atom stereocenters. The second kappa shape index (κ2) is 2.05. The first-order valence-corrected chi connectivity index (χ1v) is 2.88. The molecule has 0 aromatic heterocycles. The molecule has 0 saturated carbocycles. The number of likely N-dealkylation sites (N-methyl/N-ethyl adjacent to an activating group) is 1. The Hall–Kier alpha value is -1.05. The van der Waals surface area contributed by atoms with Crippen LogP contribution in [-0.2, 0) is 4.79 Å². The molecule has 1 amide bonds. The largest absolute Gasteiger partial charge is 0.312 e. The fraction of sp³-hybridized carbons (Fsp3) is 0.286. The second-order valence-corrected chi connectivity index (χ2v) is 1.94. The van der Waals surface area contributed by atoms with E-state index in [-0.39, 0.29) is 5.91 Å². The van der Waals surface area contributed by atoms with Crippen molar-refractivity contribution in [2.24, 2.45) is 0 Å². The van der Waals surface area contributed by atoms with E-state index in [9.17, 15) is 4.79 Å². The van der Waals surface area contributed by atoms with Crippen LogP contribution in [0.25, 0.3) is 0 Å². The highest BCUT2D eigenvalue weighted by atomic mass is 16.2. The van der Waals surface area contributed by atoms with E-state index in [2.05, 4.69) is 0 Å². The zero-order chi connectivity index (χ0) is 6.85. The van der Waals surface area contributed by atoms with Crippen molar-refractivity contribution in [3.05, 3.63) is 23.9 Å². The Morgan fingerprint density at radius 2 is 2.22 bits per heavy atom. The molecular weight excluding hydrogens is 114 g/mol. The molecule has 0 atom stereocenters. The summed E-state index contributed by atoms with van der Waals surface area (Å²) in [6, 6.07) is 0. The lowest BCUT2D eigenvalue weighted by Crippen LogP contribution is -2.17. The van der Waals surface area contributed by atoms with Crippen molar-refractivity contribution >= 4 is 5.91 Å². The van der Waals surface area contributed by atoms with E-state index in [1.165, 1.54) is 0 Å². The Morgan fingerprint density at radius 1 is 1.56 bits per heavy atom. The van der Waals surface area contributed by atoms with Gasteiger partial charge < -0.3 is 4.90 Å². The Bertz CT molecular complexity index is 191. The van der Waals surface area contributed by atoms with Gasteiger partial charge in [0, 0.05) is 18.8 Å². The molecule has 0 N–H and O–H groups in total. The van der Waals surface area contributed by atoms with E-state index in [1.807, 2.05) is 19.1 Å². The molecule has 2 nitrogen and oxygen atoms in total. The van der Waals surface area contributed by atoms with Crippen molar-refractivity contribution in [1.29, 1.82) is 0 Å². The molecule has 9 heavy (non-hydrogen) atoms. The lowest BCUT2D eigenvalue weighted by molar-refractivity contribution is -0.122. The molecule has 0 aliphatic carbocycles. The number of amides is 1. The quantitative estimate of drug-likeness (QED) is 0.469. The van der Waals surface area contributed by atoms with Gasteiger partial charge >= 0.3 is 0 Å². The van der Waals surface area contributed by atoms with Gasteiger partial charge in [-0.25, -0.2) is 0 Å². The van der Waals surface area contributed by atoms with Gasteiger partial charge in [-0.1, -0.05) is 6.08 Å². The van der Waals surface area contributed by atoms with Gasteiger partial charge in [-0.2, -0.15) is 0 Å². The zero-order valence-corrected chi connectivity index (χ0v) is 5.59. The van der Waals surface area contributed by atoms with E-state index in [1.54, 1.807) is 18.0 Å². The summed E-state index contributed by atoms with van der Waals surface area (Å²) in [5, 5.41) is 0. The topological polar surface area (TPSA) is 20.3 Å². The number of hydrogen-bond acceptors (Lipinski definition) is 1. The third-order valence-electron chi connectivity index (χ3n) is 1.41. The Kier molecular flexibility index (Phi) is 1.39. The van der Waals surface area contributed by atoms with Crippen LogP contribution in [0.3, 0.4) is 0 Å². The van der Waals surface area contributed by atoms with Gasteiger partial charge in [0.1, 0.15) is 0 Å². The first-order chi connectivity index (χ1) is 4.25. The summed E-state index contributed by atoms with van der Waals surface area (Å²) in [5.41, 5.74) is 0.972. The van der Waals surface area contributed by atoms with Crippen LogP contribution in [0.4, 0.5) is 0 Å². The molecule has 0 fully saturated rings. The fourth-order valence-electron chi connectivity index (χ4n) is 0.797. The van der Waals surface area contributed by atoms with Crippen molar-refractivity contribution in [2.45, 2.75) is 6.92 Å². The van der Waals surface area contributed by atoms with Crippen molar-refractivity contribution in [1.82, 2.24) is 4.90 Å². The average Bonchev–Trinajstić information content (AvgIpc) is 2.15. The summed E-state index contributed by atoms with van der Waals surface area (Å²) < 4.78 is 0. The van der Waals surface area contributed by atoms with Gasteiger partial charge in [0.2, 0.25) is 0 Å². The van der Waals surface area contributed by atoms with Crippen molar-refractivity contribution in [3.63, 3.8) is 0 Å². The first-order valence-electron chi connectivity index (χ1n) is 2.88. The minimum Gasteiger partial charge on any atom is -0.312 e. The molecule has 0 radical (unpaired) electrons. The molecule has 0 bridgehead atoms. The van der Waals surface area contributed by atoms with E-state index in [0.717, 1.165) is 5.70 Å². The van der Waals surface area contributed by atoms with Crippen LogP contribution in [0.2, 0.25) is 0 Å². The predicted molar refractivity (Wildman–Crippen MR) is 35.7 cm³/mol. The normalized spacial score (nSPS) is 22.2. The summed E-state index contributed by atoms with van der Waals surface area (Å²) in [5.74, 6) is 0.0584. The predicted octanol–water partition coefficient (Wildman–Crippen LogP) is 0.918. The number of nitrogens with zero attached hydrogens (tertiary/aromatic N) is 1. The molecule has 1 aliphatic heterocycles. The van der Waals surface area contributed by atoms with Crippen LogP contribution in [0.1, 0.15) is 6.92 Å². The average molecular weight is 123 g/mol. The van der Waals surface area contributed by atoms with Crippen molar-refractivity contribution in [2.75, 3.05) is 7.05 Å². The number of allylic oxidation sites excluding steroid dienone is 2. The van der Waals surface area contributed by atoms with Crippen molar-refractivity contribution in [3.8, 4) is 0 Å². The highest BCUT2D eigenvalue weighted by Gasteiger charge is 2.12. The maximum atomic E-state index is 10.7. The summed E-state index contributed by atoms with van der Waals surface area (Å²) in [6.07, 6.45) is 5.28. The Morgan fingerprint density at radius 3 is 2.44 bits per heavy atom. The molecule has 48 valence electrons. The maximum absolute atomic E-state index is 10.7. The van der Waals surface area contributed by atoms with Gasteiger partial charge in [-0.3, -0.25) is 4.79 Å². The van der Waals surface area contributed by atoms with Crippen LogP contribution < -0.4 is 0 Å². The maximum Gasteiger partial charge on any atom is 0.250 e. The molecule has 0 aromatic rings. The summed E-state index contributed by atoms with van der Waals surface area (Å²) in [4.78, 5) is 12.4. The number of rotatable bonds is 0. The lowest BCUT2D eigenvalue weighted by atomic mass is 10.4. The highest BCUT2D eigenvalue weighted by molar-refractivity contribution is 5.92. The molecule has 2 heteroatoms. The Labute approximate surface area is 54.5 Å². The molecule has 1 rings (SSSR count). The highest BCUT2D eigenvalue weighted by Crippen LogP contribution is 2.10. The van der Waals surface area contributed by atoms with Crippen LogP contribution in [0, 0.1) is 0 Å². The number of carbonyl (C=O) groups excluding carboxylic acids is 1. The molecule has 1 aliphatic rings. The molecule has 0 saturated heterocycles. The minimum atomic E-state index is 0.0584. The molecule has 1 heterocycles. The van der Waals surface area contributed by atoms with Gasteiger partial charge in [-0.15, -0.1) is 0 Å². The standard InChI is InChI=1S/C7H9NO/c1-3-6-4-5-7(9)8(6)2/h3-5H,1-2H3. The van der Waals surface area contributed by atoms with Crippen LogP contribution in [0.5, 0.6) is 0 Å². The van der Waals surface area contributed by atoms with Crippen LogP contribution in [0.15, 0.2) is 23.9 Å². The molecular formula is C7H9NO. The van der Waals surface area contributed by atoms with E-state index in [0.29, 0.717) is 0 Å². The monoisotopic (exact) mass is 123 g/mol. The third kappa shape index (κ3) is 0.875. The molecule has 0 spiro atoms. The summed E-state index contributed by atoms with van der Waals surface area (Å²) >= 11 is 0. The Balaban J connectivity index is 2.86. The molecule has 0 aromatic carbocycles. The zero-order valence-electron chi connectivity index (χ0n) is 5.59. The summed E-state index contributed by atoms with van der Waals surface area (Å²) in [6.45, 7) is 1.91. The summed E-state index contributed by atoms with van der Waals surface area (Å²) in [7, 11) is 1.76. The third-order valence-corrected chi connectivity index (χ3v) is 1.41. The van der Waals surface area contributed by atoms with Crippen LogP contribution >= 0.6 is 0 Å². The smallest absolute Gasteiger partial charge is 0.250 e. The number of carbonyl (C=O) groups is 1. The SMILES string of the molecule is CC=C1C=CC(=O)N1C. The van der Waals surface area contributed by atoms with Gasteiger partial charge in [-0.05, 0) is 13.0 Å². The van der Waals surface area contributed by atoms with Crippen LogP contribution in [-0.4, -0.2) is 17.9 Å². The van der Waals surface area contributed by atoms with Gasteiger partial charge in [0.25, 0.3) is 5.91 Å². The first kappa shape index (κ1) is 6.08. The lowest BCUT2D eigenvalue weighted by Gasteiger charge is -2.08. The number of hydrogen-bond donors (Lipinski definition) is 0. The van der Waals surface area contributed by atoms with Gasteiger partial charge in [0.15, 0.2) is 0 Å². The van der Waals surface area contributed by atoms with E-state index >= 15 is 0 Å².